The topological polar surface area (TPSA) is 67.9 Å². The molecule has 0 aliphatic carbocycles. The SMILES string of the molecule is COc1ccccc1OCC(=O)N(Cc1ccccc1)[C@H](Cc1ccccc1)C(=O)NC(C)C. The Bertz CT molecular complexity index is 1050. The summed E-state index contributed by atoms with van der Waals surface area (Å²) in [4.78, 5) is 28.4. The van der Waals surface area contributed by atoms with Crippen molar-refractivity contribution in [2.24, 2.45) is 0 Å². The second-order valence-corrected chi connectivity index (χ2v) is 8.32. The minimum Gasteiger partial charge on any atom is -0.493 e. The molecule has 0 saturated carbocycles. The number of para-hydroxylation sites is 2. The van der Waals surface area contributed by atoms with Crippen molar-refractivity contribution >= 4 is 11.8 Å². The molecule has 3 rings (SSSR count). The summed E-state index contributed by atoms with van der Waals surface area (Å²) in [6, 6.07) is 25.8. The maximum absolute atomic E-state index is 13.5. The van der Waals surface area contributed by atoms with Gasteiger partial charge in [0.15, 0.2) is 18.1 Å². The smallest absolute Gasteiger partial charge is 0.261 e. The van der Waals surface area contributed by atoms with E-state index in [1.165, 1.54) is 0 Å². The minimum atomic E-state index is -0.696. The summed E-state index contributed by atoms with van der Waals surface area (Å²) in [5.74, 6) is 0.544. The monoisotopic (exact) mass is 460 g/mol. The van der Waals surface area contributed by atoms with Crippen LogP contribution in [0.1, 0.15) is 25.0 Å². The molecular weight excluding hydrogens is 428 g/mol. The third-order valence-corrected chi connectivity index (χ3v) is 5.32. The molecule has 34 heavy (non-hydrogen) atoms. The lowest BCUT2D eigenvalue weighted by molar-refractivity contribution is -0.143. The molecule has 0 aromatic heterocycles. The zero-order valence-corrected chi connectivity index (χ0v) is 19.9. The van der Waals surface area contributed by atoms with E-state index in [0.717, 1.165) is 11.1 Å². The predicted molar refractivity (Wildman–Crippen MR) is 133 cm³/mol. The number of hydrogen-bond donors (Lipinski definition) is 1. The van der Waals surface area contributed by atoms with E-state index in [2.05, 4.69) is 5.32 Å². The van der Waals surface area contributed by atoms with E-state index in [1.807, 2.05) is 86.6 Å². The molecule has 0 spiro atoms. The minimum absolute atomic E-state index is 0.0516. The van der Waals surface area contributed by atoms with Gasteiger partial charge >= 0.3 is 0 Å². The van der Waals surface area contributed by atoms with Gasteiger partial charge in [0.1, 0.15) is 6.04 Å². The highest BCUT2D eigenvalue weighted by Gasteiger charge is 2.31. The molecule has 0 saturated heterocycles. The standard InChI is InChI=1S/C28H32N2O4/c1-21(2)29-28(32)24(18-22-12-6-4-7-13-22)30(19-23-14-8-5-9-15-23)27(31)20-34-26-17-11-10-16-25(26)33-3/h4-17,21,24H,18-20H2,1-3H3,(H,29,32)/t24-/m1/s1. The van der Waals surface area contributed by atoms with Crippen LogP contribution in [0.5, 0.6) is 11.5 Å². The van der Waals surface area contributed by atoms with E-state index in [1.54, 1.807) is 24.1 Å². The Morgan fingerprint density at radius 1 is 0.824 bits per heavy atom. The zero-order valence-electron chi connectivity index (χ0n) is 19.9. The van der Waals surface area contributed by atoms with Gasteiger partial charge in [0.05, 0.1) is 7.11 Å². The van der Waals surface area contributed by atoms with Crippen LogP contribution in [0.3, 0.4) is 0 Å². The third kappa shape index (κ3) is 7.10. The van der Waals surface area contributed by atoms with Gasteiger partial charge in [-0.1, -0.05) is 72.8 Å². The highest BCUT2D eigenvalue weighted by Crippen LogP contribution is 2.26. The Hall–Kier alpha value is -3.80. The van der Waals surface area contributed by atoms with Gasteiger partial charge in [0, 0.05) is 19.0 Å². The molecule has 1 N–H and O–H groups in total. The molecule has 0 unspecified atom stereocenters. The molecule has 2 amide bonds. The van der Waals surface area contributed by atoms with Gasteiger partial charge in [-0.15, -0.1) is 0 Å². The average Bonchev–Trinajstić information content (AvgIpc) is 2.85. The number of ether oxygens (including phenoxy) is 2. The summed E-state index contributed by atoms with van der Waals surface area (Å²) in [6.07, 6.45) is 0.395. The molecule has 3 aromatic rings. The van der Waals surface area contributed by atoms with Gasteiger partial charge in [-0.3, -0.25) is 9.59 Å². The van der Waals surface area contributed by atoms with Crippen LogP contribution in [0.25, 0.3) is 0 Å². The number of nitrogens with one attached hydrogen (secondary N) is 1. The molecule has 6 nitrogen and oxygen atoms in total. The first kappa shape index (κ1) is 24.8. The summed E-state index contributed by atoms with van der Waals surface area (Å²) in [5.41, 5.74) is 1.91. The number of hydrogen-bond acceptors (Lipinski definition) is 4. The van der Waals surface area contributed by atoms with Gasteiger partial charge in [-0.25, -0.2) is 0 Å². The van der Waals surface area contributed by atoms with Crippen LogP contribution in [0, 0.1) is 0 Å². The molecule has 1 atom stereocenters. The van der Waals surface area contributed by atoms with Crippen LogP contribution >= 0.6 is 0 Å². The van der Waals surface area contributed by atoms with Gasteiger partial charge in [-0.05, 0) is 37.1 Å². The second-order valence-electron chi connectivity index (χ2n) is 8.32. The molecule has 0 heterocycles. The molecular formula is C28H32N2O4. The molecule has 0 radical (unpaired) electrons. The molecule has 0 aliphatic heterocycles. The van der Waals surface area contributed by atoms with Crippen molar-refractivity contribution < 1.29 is 19.1 Å². The van der Waals surface area contributed by atoms with Crippen LogP contribution in [-0.4, -0.2) is 42.5 Å². The fraction of sp³-hybridized carbons (Fsp3) is 0.286. The summed E-state index contributed by atoms with van der Waals surface area (Å²) in [5, 5.41) is 2.98. The molecule has 6 heteroatoms. The number of carbonyl (C=O) groups excluding carboxylic acids is 2. The number of amides is 2. The number of methoxy groups -OCH3 is 1. The predicted octanol–water partition coefficient (Wildman–Crippen LogP) is 4.24. The lowest BCUT2D eigenvalue weighted by Gasteiger charge is -2.32. The van der Waals surface area contributed by atoms with Gasteiger partial charge < -0.3 is 19.7 Å². The summed E-state index contributed by atoms with van der Waals surface area (Å²) >= 11 is 0. The number of carbonyl (C=O) groups is 2. The van der Waals surface area contributed by atoms with Crippen molar-refractivity contribution in [3.8, 4) is 11.5 Å². The van der Waals surface area contributed by atoms with Gasteiger partial charge in [0.2, 0.25) is 5.91 Å². The normalized spacial score (nSPS) is 11.5. The first-order chi connectivity index (χ1) is 16.5. The zero-order chi connectivity index (χ0) is 24.3. The molecule has 0 aliphatic rings. The Kier molecular flexibility index (Phi) is 9.09. The van der Waals surface area contributed by atoms with E-state index in [0.29, 0.717) is 17.9 Å². The Balaban J connectivity index is 1.89. The molecule has 0 fully saturated rings. The van der Waals surface area contributed by atoms with Crippen LogP contribution < -0.4 is 14.8 Å². The molecule has 178 valence electrons. The average molecular weight is 461 g/mol. The lowest BCUT2D eigenvalue weighted by atomic mass is 10.0. The Labute approximate surface area is 201 Å². The van der Waals surface area contributed by atoms with Crippen molar-refractivity contribution in [2.45, 2.75) is 38.9 Å². The number of benzene rings is 3. The molecule has 0 bridgehead atoms. The second kappa shape index (κ2) is 12.4. The highest BCUT2D eigenvalue weighted by molar-refractivity contribution is 5.88. The van der Waals surface area contributed by atoms with E-state index in [9.17, 15) is 9.59 Å². The fourth-order valence-corrected chi connectivity index (χ4v) is 3.68. The quantitative estimate of drug-likeness (QED) is 0.465. The van der Waals surface area contributed by atoms with Crippen molar-refractivity contribution in [3.63, 3.8) is 0 Å². The first-order valence-electron chi connectivity index (χ1n) is 11.4. The lowest BCUT2D eigenvalue weighted by Crippen LogP contribution is -2.52. The maximum atomic E-state index is 13.5. The fourth-order valence-electron chi connectivity index (χ4n) is 3.68. The van der Waals surface area contributed by atoms with Gasteiger partial charge in [0.25, 0.3) is 5.91 Å². The van der Waals surface area contributed by atoms with Crippen molar-refractivity contribution in [1.29, 1.82) is 0 Å². The maximum Gasteiger partial charge on any atom is 0.261 e. The first-order valence-corrected chi connectivity index (χ1v) is 11.4. The number of rotatable bonds is 11. The summed E-state index contributed by atoms with van der Waals surface area (Å²) in [6.45, 7) is 3.89. The Morgan fingerprint density at radius 2 is 1.38 bits per heavy atom. The van der Waals surface area contributed by atoms with E-state index in [4.69, 9.17) is 9.47 Å². The van der Waals surface area contributed by atoms with Crippen molar-refractivity contribution in [2.75, 3.05) is 13.7 Å². The Morgan fingerprint density at radius 3 is 1.97 bits per heavy atom. The van der Waals surface area contributed by atoms with E-state index >= 15 is 0 Å². The largest absolute Gasteiger partial charge is 0.493 e. The highest BCUT2D eigenvalue weighted by atomic mass is 16.5. The number of nitrogens with zero attached hydrogens (tertiary/aromatic N) is 1. The van der Waals surface area contributed by atoms with Crippen LogP contribution in [0.15, 0.2) is 84.9 Å². The van der Waals surface area contributed by atoms with Crippen molar-refractivity contribution in [1.82, 2.24) is 10.2 Å². The van der Waals surface area contributed by atoms with E-state index < -0.39 is 6.04 Å². The van der Waals surface area contributed by atoms with Crippen LogP contribution in [-0.2, 0) is 22.6 Å². The van der Waals surface area contributed by atoms with Crippen LogP contribution in [0.4, 0.5) is 0 Å². The third-order valence-electron chi connectivity index (χ3n) is 5.32. The van der Waals surface area contributed by atoms with Crippen molar-refractivity contribution in [3.05, 3.63) is 96.1 Å². The van der Waals surface area contributed by atoms with Gasteiger partial charge in [-0.2, -0.15) is 0 Å². The summed E-state index contributed by atoms with van der Waals surface area (Å²) in [7, 11) is 1.55. The van der Waals surface area contributed by atoms with Crippen LogP contribution in [0.2, 0.25) is 0 Å². The molecule has 3 aromatic carbocycles. The summed E-state index contributed by atoms with van der Waals surface area (Å²) < 4.78 is 11.1. The van der Waals surface area contributed by atoms with E-state index in [-0.39, 0.29) is 31.0 Å².